The van der Waals surface area contributed by atoms with Gasteiger partial charge in [0.2, 0.25) is 5.91 Å². The van der Waals surface area contributed by atoms with Gasteiger partial charge in [-0.1, -0.05) is 12.8 Å². The Morgan fingerprint density at radius 2 is 2.25 bits per heavy atom. The predicted octanol–water partition coefficient (Wildman–Crippen LogP) is 1.06. The lowest BCUT2D eigenvalue weighted by molar-refractivity contribution is -0.123. The van der Waals surface area contributed by atoms with Crippen molar-refractivity contribution < 1.29 is 9.53 Å². The van der Waals surface area contributed by atoms with Crippen molar-refractivity contribution in [3.05, 3.63) is 0 Å². The second-order valence-corrected chi connectivity index (χ2v) is 4.35. The molecule has 16 heavy (non-hydrogen) atoms. The second kappa shape index (κ2) is 8.53. The van der Waals surface area contributed by atoms with Crippen molar-refractivity contribution in [1.29, 1.82) is 0 Å². The van der Waals surface area contributed by atoms with Crippen molar-refractivity contribution in [2.45, 2.75) is 44.6 Å². The van der Waals surface area contributed by atoms with Gasteiger partial charge in [-0.3, -0.25) is 4.79 Å². The molecule has 1 heterocycles. The Morgan fingerprint density at radius 1 is 1.38 bits per heavy atom. The molecule has 1 aliphatic heterocycles. The zero-order valence-electron chi connectivity index (χ0n) is 10.3. The lowest BCUT2D eigenvalue weighted by atomic mass is 10.1. The summed E-state index contributed by atoms with van der Waals surface area (Å²) in [6.45, 7) is 2.51. The number of amides is 1. The lowest BCUT2D eigenvalue weighted by Crippen LogP contribution is -2.44. The van der Waals surface area contributed by atoms with E-state index < -0.39 is 0 Å². The first-order chi connectivity index (χ1) is 7.84. The van der Waals surface area contributed by atoms with Gasteiger partial charge < -0.3 is 15.4 Å². The van der Waals surface area contributed by atoms with Crippen molar-refractivity contribution in [3.8, 4) is 0 Å². The van der Waals surface area contributed by atoms with Crippen LogP contribution in [0.2, 0.25) is 0 Å². The smallest absolute Gasteiger partial charge is 0.237 e. The molecule has 2 N–H and O–H groups in total. The number of carbonyl (C=O) groups excluding carboxylic acids is 1. The molecule has 94 valence electrons. The zero-order chi connectivity index (χ0) is 11.6. The third-order valence-electron chi connectivity index (χ3n) is 2.95. The highest BCUT2D eigenvalue weighted by Gasteiger charge is 2.18. The minimum atomic E-state index is 0.0323. The van der Waals surface area contributed by atoms with E-state index in [0.29, 0.717) is 0 Å². The predicted molar refractivity (Wildman–Crippen MR) is 64.4 cm³/mol. The van der Waals surface area contributed by atoms with E-state index in [1.54, 1.807) is 7.11 Å². The van der Waals surface area contributed by atoms with Gasteiger partial charge in [0.25, 0.3) is 0 Å². The summed E-state index contributed by atoms with van der Waals surface area (Å²) in [7, 11) is 1.70. The Kier molecular flexibility index (Phi) is 7.17. The maximum atomic E-state index is 11.8. The topological polar surface area (TPSA) is 50.4 Å². The number of carbonyl (C=O) groups is 1. The molecule has 0 aromatic heterocycles. The van der Waals surface area contributed by atoms with Crippen LogP contribution in [-0.2, 0) is 9.53 Å². The van der Waals surface area contributed by atoms with Crippen LogP contribution in [-0.4, -0.2) is 38.8 Å². The van der Waals surface area contributed by atoms with Crippen molar-refractivity contribution in [1.82, 2.24) is 10.6 Å². The molecule has 0 spiro atoms. The van der Waals surface area contributed by atoms with Crippen LogP contribution in [0.4, 0.5) is 0 Å². The van der Waals surface area contributed by atoms with Gasteiger partial charge in [0, 0.05) is 20.3 Å². The molecule has 1 fully saturated rings. The summed E-state index contributed by atoms with van der Waals surface area (Å²) in [4.78, 5) is 11.8. The molecule has 0 bridgehead atoms. The monoisotopic (exact) mass is 228 g/mol. The third-order valence-corrected chi connectivity index (χ3v) is 2.95. The van der Waals surface area contributed by atoms with Gasteiger partial charge in [-0.2, -0.15) is 0 Å². The summed E-state index contributed by atoms with van der Waals surface area (Å²) < 4.78 is 4.96. The van der Waals surface area contributed by atoms with Crippen molar-refractivity contribution >= 4 is 5.91 Å². The number of methoxy groups -OCH3 is 1. The molecular formula is C12H24N2O2. The Hall–Kier alpha value is -0.610. The number of nitrogens with one attached hydrogen (secondary N) is 2. The summed E-state index contributed by atoms with van der Waals surface area (Å²) in [5.41, 5.74) is 0. The molecule has 4 nitrogen and oxygen atoms in total. The Balaban J connectivity index is 2.08. The number of ether oxygens (including phenoxy) is 1. The van der Waals surface area contributed by atoms with Crippen LogP contribution in [0.25, 0.3) is 0 Å². The maximum absolute atomic E-state index is 11.8. The van der Waals surface area contributed by atoms with E-state index in [1.165, 1.54) is 12.8 Å². The van der Waals surface area contributed by atoms with Crippen LogP contribution in [0.5, 0.6) is 0 Å². The van der Waals surface area contributed by atoms with Gasteiger partial charge in [-0.05, 0) is 32.2 Å². The molecule has 4 heteroatoms. The van der Waals surface area contributed by atoms with Gasteiger partial charge in [-0.15, -0.1) is 0 Å². The fraction of sp³-hybridized carbons (Fsp3) is 0.917. The number of hydrogen-bond acceptors (Lipinski definition) is 3. The minimum Gasteiger partial charge on any atom is -0.385 e. The molecule has 0 saturated carbocycles. The molecule has 1 amide bonds. The van der Waals surface area contributed by atoms with Crippen molar-refractivity contribution in [2.75, 3.05) is 26.8 Å². The number of rotatable bonds is 6. The van der Waals surface area contributed by atoms with E-state index in [4.69, 9.17) is 4.74 Å². The van der Waals surface area contributed by atoms with E-state index in [0.717, 1.165) is 45.4 Å². The lowest BCUT2D eigenvalue weighted by Gasteiger charge is -2.15. The molecule has 0 radical (unpaired) electrons. The second-order valence-electron chi connectivity index (χ2n) is 4.35. The fourth-order valence-electron chi connectivity index (χ4n) is 1.96. The Morgan fingerprint density at radius 3 is 3.06 bits per heavy atom. The first-order valence-electron chi connectivity index (χ1n) is 6.34. The zero-order valence-corrected chi connectivity index (χ0v) is 10.3. The Bertz CT molecular complexity index is 189. The summed E-state index contributed by atoms with van der Waals surface area (Å²) in [6.07, 6.45) is 6.57. The van der Waals surface area contributed by atoms with E-state index in [2.05, 4.69) is 10.6 Å². The highest BCUT2D eigenvalue weighted by atomic mass is 16.5. The average Bonchev–Trinajstić information content (AvgIpc) is 2.57. The van der Waals surface area contributed by atoms with Crippen molar-refractivity contribution in [2.24, 2.45) is 0 Å². The fourth-order valence-corrected chi connectivity index (χ4v) is 1.96. The van der Waals surface area contributed by atoms with E-state index in [9.17, 15) is 4.79 Å². The molecule has 1 atom stereocenters. The third kappa shape index (κ3) is 5.47. The van der Waals surface area contributed by atoms with Gasteiger partial charge in [-0.25, -0.2) is 0 Å². The van der Waals surface area contributed by atoms with Crippen LogP contribution in [0, 0.1) is 0 Å². The van der Waals surface area contributed by atoms with E-state index in [-0.39, 0.29) is 11.9 Å². The minimum absolute atomic E-state index is 0.0323. The first-order valence-corrected chi connectivity index (χ1v) is 6.34. The molecule has 1 aliphatic rings. The molecule has 1 saturated heterocycles. The van der Waals surface area contributed by atoms with Crippen LogP contribution in [0.15, 0.2) is 0 Å². The Labute approximate surface area is 98.1 Å². The molecule has 1 unspecified atom stereocenters. The van der Waals surface area contributed by atoms with E-state index >= 15 is 0 Å². The molecule has 0 aromatic carbocycles. The summed E-state index contributed by atoms with van der Waals surface area (Å²) in [5, 5.41) is 6.28. The summed E-state index contributed by atoms with van der Waals surface area (Å²) >= 11 is 0. The van der Waals surface area contributed by atoms with Crippen molar-refractivity contribution in [3.63, 3.8) is 0 Å². The highest BCUT2D eigenvalue weighted by molar-refractivity contribution is 5.81. The molecule has 0 aliphatic carbocycles. The average molecular weight is 228 g/mol. The number of hydrogen-bond donors (Lipinski definition) is 2. The first kappa shape index (κ1) is 13.5. The van der Waals surface area contributed by atoms with Crippen LogP contribution in [0.3, 0.4) is 0 Å². The van der Waals surface area contributed by atoms with Gasteiger partial charge in [0.1, 0.15) is 0 Å². The standard InChI is InChI=1S/C12H24N2O2/c1-16-10-6-5-9-14-12(15)11-7-3-2-4-8-13-11/h11,13H,2-10H2,1H3,(H,14,15). The molecular weight excluding hydrogens is 204 g/mol. The van der Waals surface area contributed by atoms with Gasteiger partial charge in [0.05, 0.1) is 6.04 Å². The van der Waals surface area contributed by atoms with Crippen LogP contribution < -0.4 is 10.6 Å². The maximum Gasteiger partial charge on any atom is 0.237 e. The largest absolute Gasteiger partial charge is 0.385 e. The van der Waals surface area contributed by atoms with Crippen LogP contribution in [0.1, 0.15) is 38.5 Å². The quantitative estimate of drug-likeness (QED) is 0.668. The molecule has 0 aromatic rings. The van der Waals surface area contributed by atoms with E-state index in [1.807, 2.05) is 0 Å². The summed E-state index contributed by atoms with van der Waals surface area (Å²) in [6, 6.07) is 0.0323. The SMILES string of the molecule is COCCCCNC(=O)C1CCCCCN1. The normalized spacial score (nSPS) is 21.4. The van der Waals surface area contributed by atoms with Gasteiger partial charge in [0.15, 0.2) is 0 Å². The van der Waals surface area contributed by atoms with Gasteiger partial charge >= 0.3 is 0 Å². The number of unbranched alkanes of at least 4 members (excludes halogenated alkanes) is 1. The summed E-state index contributed by atoms with van der Waals surface area (Å²) in [5.74, 6) is 0.166. The highest BCUT2D eigenvalue weighted by Crippen LogP contribution is 2.08. The molecule has 1 rings (SSSR count). The van der Waals surface area contributed by atoms with Crippen LogP contribution >= 0.6 is 0 Å².